The Morgan fingerprint density at radius 1 is 1.16 bits per heavy atom. The van der Waals surface area contributed by atoms with E-state index < -0.39 is 15.8 Å². The average Bonchev–Trinajstić information content (AvgIpc) is 2.95. The van der Waals surface area contributed by atoms with Crippen LogP contribution in [-0.4, -0.2) is 27.5 Å². The molecule has 2 aromatic carbocycles. The molecule has 0 aromatic heterocycles. The Bertz CT molecular complexity index is 894. The number of methoxy groups -OCH3 is 1. The number of carbonyl (C=O) groups excluding carboxylic acids is 1. The molecule has 7 heteroatoms. The van der Waals surface area contributed by atoms with Crippen molar-refractivity contribution >= 4 is 16.0 Å². The summed E-state index contributed by atoms with van der Waals surface area (Å²) in [5, 5.41) is 0. The molecule has 5 nitrogen and oxygen atoms in total. The maximum absolute atomic E-state index is 13.0. The molecule has 1 unspecified atom stereocenters. The third kappa shape index (κ3) is 4.05. The average molecular weight is 363 g/mol. The van der Waals surface area contributed by atoms with Crippen molar-refractivity contribution in [1.82, 2.24) is 4.72 Å². The van der Waals surface area contributed by atoms with E-state index in [4.69, 9.17) is 0 Å². The zero-order valence-corrected chi connectivity index (χ0v) is 14.5. The lowest BCUT2D eigenvalue weighted by Crippen LogP contribution is -2.35. The Kier molecular flexibility index (Phi) is 4.87. The minimum atomic E-state index is -3.70. The molecule has 1 atom stereocenters. The number of rotatable bonds is 5. The number of ether oxygens (including phenoxy) is 1. The Morgan fingerprint density at radius 2 is 1.84 bits per heavy atom. The van der Waals surface area contributed by atoms with Crippen LogP contribution in [0.15, 0.2) is 47.4 Å². The molecule has 0 aliphatic heterocycles. The minimum absolute atomic E-state index is 0.0382. The molecule has 25 heavy (non-hydrogen) atoms. The van der Waals surface area contributed by atoms with Gasteiger partial charge in [-0.25, -0.2) is 17.5 Å². The largest absolute Gasteiger partial charge is 0.469 e. The van der Waals surface area contributed by atoms with Gasteiger partial charge in [-0.2, -0.15) is 0 Å². The van der Waals surface area contributed by atoms with Crippen molar-refractivity contribution in [3.63, 3.8) is 0 Å². The van der Waals surface area contributed by atoms with Crippen LogP contribution in [0, 0.1) is 5.82 Å². The van der Waals surface area contributed by atoms with Gasteiger partial charge in [0.05, 0.1) is 18.4 Å². The van der Waals surface area contributed by atoms with Gasteiger partial charge in [-0.3, -0.25) is 4.79 Å². The number of nitrogens with one attached hydrogen (secondary N) is 1. The highest BCUT2D eigenvalue weighted by Gasteiger charge is 2.26. The number of fused-ring (bicyclic) bond motifs is 1. The predicted molar refractivity (Wildman–Crippen MR) is 90.1 cm³/mol. The molecule has 0 saturated carbocycles. The Morgan fingerprint density at radius 3 is 2.52 bits per heavy atom. The summed E-state index contributed by atoms with van der Waals surface area (Å²) in [5.41, 5.74) is 2.92. The van der Waals surface area contributed by atoms with E-state index >= 15 is 0 Å². The van der Waals surface area contributed by atoms with Gasteiger partial charge in [0.2, 0.25) is 10.0 Å². The fourth-order valence-electron chi connectivity index (χ4n) is 3.00. The van der Waals surface area contributed by atoms with Gasteiger partial charge in [0.15, 0.2) is 0 Å². The van der Waals surface area contributed by atoms with E-state index in [9.17, 15) is 17.6 Å². The Labute approximate surface area is 145 Å². The molecule has 0 amide bonds. The van der Waals surface area contributed by atoms with Crippen molar-refractivity contribution in [3.05, 3.63) is 65.0 Å². The number of sulfonamides is 1. The molecule has 1 aliphatic rings. The highest BCUT2D eigenvalue weighted by molar-refractivity contribution is 7.89. The summed E-state index contributed by atoms with van der Waals surface area (Å²) in [5.74, 6) is -0.795. The van der Waals surface area contributed by atoms with Gasteiger partial charge in [0.25, 0.3) is 0 Å². The second-order valence-corrected chi connectivity index (χ2v) is 7.75. The Hall–Kier alpha value is -2.25. The molecule has 2 aromatic rings. The fourth-order valence-corrected chi connectivity index (χ4v) is 4.24. The molecule has 0 fully saturated rings. The monoisotopic (exact) mass is 363 g/mol. The van der Waals surface area contributed by atoms with Crippen LogP contribution in [0.3, 0.4) is 0 Å². The van der Waals surface area contributed by atoms with E-state index in [0.29, 0.717) is 12.8 Å². The summed E-state index contributed by atoms with van der Waals surface area (Å²) in [6.45, 7) is 0. The lowest BCUT2D eigenvalue weighted by molar-refractivity contribution is -0.139. The summed E-state index contributed by atoms with van der Waals surface area (Å²) in [4.78, 5) is 11.4. The van der Waals surface area contributed by atoms with Crippen LogP contribution in [-0.2, 0) is 38.8 Å². The predicted octanol–water partition coefficient (Wildman–Crippen LogP) is 1.99. The number of halogens is 1. The second kappa shape index (κ2) is 6.93. The van der Waals surface area contributed by atoms with Gasteiger partial charge >= 0.3 is 5.97 Å². The lowest BCUT2D eigenvalue weighted by Gasteiger charge is -2.12. The summed E-state index contributed by atoms with van der Waals surface area (Å²) in [7, 11) is -2.36. The highest BCUT2D eigenvalue weighted by Crippen LogP contribution is 2.25. The number of esters is 1. The molecule has 0 heterocycles. The molecule has 0 spiro atoms. The van der Waals surface area contributed by atoms with Gasteiger partial charge in [-0.1, -0.05) is 18.2 Å². The topological polar surface area (TPSA) is 72.5 Å². The molecule has 0 radical (unpaired) electrons. The van der Waals surface area contributed by atoms with E-state index in [1.165, 1.54) is 19.2 Å². The van der Waals surface area contributed by atoms with E-state index in [1.807, 2.05) is 18.2 Å². The smallest absolute Gasteiger partial charge is 0.309 e. The van der Waals surface area contributed by atoms with Crippen molar-refractivity contribution in [2.24, 2.45) is 0 Å². The summed E-state index contributed by atoms with van der Waals surface area (Å²) in [6.07, 6.45) is 1.31. The molecule has 1 aliphatic carbocycles. The quantitative estimate of drug-likeness (QED) is 0.825. The van der Waals surface area contributed by atoms with Gasteiger partial charge in [0.1, 0.15) is 5.82 Å². The zero-order chi connectivity index (χ0) is 18.0. The summed E-state index contributed by atoms with van der Waals surface area (Å²) >= 11 is 0. The molecule has 0 saturated heterocycles. The normalized spacial score (nSPS) is 16.5. The van der Waals surface area contributed by atoms with Crippen LogP contribution < -0.4 is 4.72 Å². The molecule has 1 N–H and O–H groups in total. The van der Waals surface area contributed by atoms with Crippen LogP contribution in [0.2, 0.25) is 0 Å². The highest BCUT2D eigenvalue weighted by atomic mass is 32.2. The van der Waals surface area contributed by atoms with Crippen molar-refractivity contribution in [3.8, 4) is 0 Å². The zero-order valence-electron chi connectivity index (χ0n) is 13.7. The van der Waals surface area contributed by atoms with E-state index in [1.54, 1.807) is 0 Å². The van der Waals surface area contributed by atoms with Crippen molar-refractivity contribution in [2.75, 3.05) is 7.11 Å². The van der Waals surface area contributed by atoms with E-state index in [2.05, 4.69) is 9.46 Å². The van der Waals surface area contributed by atoms with Gasteiger partial charge in [0, 0.05) is 6.04 Å². The van der Waals surface area contributed by atoms with E-state index in [0.717, 1.165) is 28.8 Å². The number of carbonyl (C=O) groups is 1. The number of hydrogen-bond acceptors (Lipinski definition) is 4. The standard InChI is InChI=1S/C18H18FNO4S/c1-24-18(21)9-12-2-3-13-10-16(11-14(13)8-12)20-25(22,23)17-6-4-15(19)5-7-17/h2-8,16,20H,9-11H2,1H3. The first kappa shape index (κ1) is 17.6. The van der Waals surface area contributed by atoms with Gasteiger partial charge in [-0.05, 0) is 53.8 Å². The molecule has 3 rings (SSSR count). The lowest BCUT2D eigenvalue weighted by atomic mass is 10.0. The first-order valence-corrected chi connectivity index (χ1v) is 9.31. The molecule has 0 bridgehead atoms. The van der Waals surface area contributed by atoms with E-state index in [-0.39, 0.29) is 23.3 Å². The third-order valence-corrected chi connectivity index (χ3v) is 5.76. The maximum atomic E-state index is 13.0. The fraction of sp³-hybridized carbons (Fsp3) is 0.278. The van der Waals surface area contributed by atoms with Crippen LogP contribution in [0.5, 0.6) is 0 Å². The van der Waals surface area contributed by atoms with Crippen molar-refractivity contribution < 1.29 is 22.3 Å². The van der Waals surface area contributed by atoms with Crippen molar-refractivity contribution in [2.45, 2.75) is 30.2 Å². The van der Waals surface area contributed by atoms with Gasteiger partial charge in [-0.15, -0.1) is 0 Å². The molecule has 132 valence electrons. The van der Waals surface area contributed by atoms with Crippen LogP contribution >= 0.6 is 0 Å². The Balaban J connectivity index is 1.71. The van der Waals surface area contributed by atoms with Crippen LogP contribution in [0.4, 0.5) is 4.39 Å². The first-order chi connectivity index (χ1) is 11.9. The van der Waals surface area contributed by atoms with Gasteiger partial charge < -0.3 is 4.74 Å². The minimum Gasteiger partial charge on any atom is -0.469 e. The first-order valence-electron chi connectivity index (χ1n) is 7.83. The van der Waals surface area contributed by atoms with Crippen molar-refractivity contribution in [1.29, 1.82) is 0 Å². The second-order valence-electron chi connectivity index (χ2n) is 6.04. The SMILES string of the molecule is COC(=O)Cc1ccc2c(c1)CC(NS(=O)(=O)c1ccc(F)cc1)C2. The number of hydrogen-bond donors (Lipinski definition) is 1. The molecular formula is C18H18FNO4S. The van der Waals surface area contributed by atoms with Crippen LogP contribution in [0.25, 0.3) is 0 Å². The van der Waals surface area contributed by atoms with Crippen LogP contribution in [0.1, 0.15) is 16.7 Å². The summed E-state index contributed by atoms with van der Waals surface area (Å²) < 4.78 is 45.1. The summed E-state index contributed by atoms with van der Waals surface area (Å²) in [6, 6.07) is 10.2. The molecular weight excluding hydrogens is 345 g/mol. The number of benzene rings is 2. The third-order valence-electron chi connectivity index (χ3n) is 4.23. The maximum Gasteiger partial charge on any atom is 0.309 e.